The van der Waals surface area contributed by atoms with Crippen molar-refractivity contribution >= 4 is 5.97 Å². The Labute approximate surface area is 93.9 Å². The molecule has 3 nitrogen and oxygen atoms in total. The predicted molar refractivity (Wildman–Crippen MR) is 58.3 cm³/mol. The molecule has 1 N–H and O–H groups in total. The lowest BCUT2D eigenvalue weighted by Crippen LogP contribution is -2.01. The van der Waals surface area contributed by atoms with Crippen LogP contribution in [-0.4, -0.2) is 18.2 Å². The molecule has 0 spiro atoms. The molecule has 16 heavy (non-hydrogen) atoms. The van der Waals surface area contributed by atoms with Gasteiger partial charge in [-0.25, -0.2) is 4.39 Å². The summed E-state index contributed by atoms with van der Waals surface area (Å²) >= 11 is 0. The van der Waals surface area contributed by atoms with Crippen molar-refractivity contribution < 1.29 is 19.0 Å². The van der Waals surface area contributed by atoms with Crippen molar-refractivity contribution in [2.24, 2.45) is 0 Å². The van der Waals surface area contributed by atoms with Gasteiger partial charge in [0.15, 0.2) is 0 Å². The standard InChI is InChI=1S/C12H15FO3/c1-8-9(4-3-5-12(14)15)10(13)6-7-11(8)16-2/h6-7H,3-5H2,1-2H3,(H,14,15). The Balaban J connectivity index is 2.81. The highest BCUT2D eigenvalue weighted by Crippen LogP contribution is 2.25. The fourth-order valence-electron chi connectivity index (χ4n) is 1.65. The summed E-state index contributed by atoms with van der Waals surface area (Å²) in [5.41, 5.74) is 1.29. The number of benzene rings is 1. The molecule has 0 saturated heterocycles. The Morgan fingerprint density at radius 2 is 2.19 bits per heavy atom. The molecule has 4 heteroatoms. The van der Waals surface area contributed by atoms with Crippen LogP contribution in [0, 0.1) is 12.7 Å². The molecule has 0 radical (unpaired) electrons. The van der Waals surface area contributed by atoms with E-state index in [-0.39, 0.29) is 12.2 Å². The first-order valence-electron chi connectivity index (χ1n) is 5.10. The number of carbonyl (C=O) groups is 1. The maximum Gasteiger partial charge on any atom is 0.303 e. The largest absolute Gasteiger partial charge is 0.496 e. The molecule has 0 heterocycles. The van der Waals surface area contributed by atoms with Crippen molar-refractivity contribution in [2.75, 3.05) is 7.11 Å². The SMILES string of the molecule is COc1ccc(F)c(CCCC(=O)O)c1C. The molecule has 0 saturated carbocycles. The molecule has 0 aliphatic carbocycles. The van der Waals surface area contributed by atoms with Crippen LogP contribution in [0.3, 0.4) is 0 Å². The van der Waals surface area contributed by atoms with Crippen molar-refractivity contribution in [1.82, 2.24) is 0 Å². The minimum atomic E-state index is -0.860. The minimum Gasteiger partial charge on any atom is -0.496 e. The zero-order valence-electron chi connectivity index (χ0n) is 9.42. The third-order valence-electron chi connectivity index (χ3n) is 2.53. The number of hydrogen-bond donors (Lipinski definition) is 1. The quantitative estimate of drug-likeness (QED) is 0.839. The number of aliphatic carboxylic acids is 1. The van der Waals surface area contributed by atoms with Crippen LogP contribution in [0.4, 0.5) is 4.39 Å². The Hall–Kier alpha value is -1.58. The van der Waals surface area contributed by atoms with Gasteiger partial charge in [0.25, 0.3) is 0 Å². The molecule has 1 aromatic carbocycles. The molecule has 0 amide bonds. The van der Waals surface area contributed by atoms with Gasteiger partial charge in [0, 0.05) is 6.42 Å². The molecule has 1 aromatic rings. The van der Waals surface area contributed by atoms with Gasteiger partial charge >= 0.3 is 5.97 Å². The summed E-state index contributed by atoms with van der Waals surface area (Å²) in [6.45, 7) is 1.78. The lowest BCUT2D eigenvalue weighted by molar-refractivity contribution is -0.137. The summed E-state index contributed by atoms with van der Waals surface area (Å²) < 4.78 is 18.6. The number of methoxy groups -OCH3 is 1. The van der Waals surface area contributed by atoms with Crippen LogP contribution in [-0.2, 0) is 11.2 Å². The summed E-state index contributed by atoms with van der Waals surface area (Å²) in [4.78, 5) is 10.4. The number of rotatable bonds is 5. The molecule has 0 aliphatic heterocycles. The number of hydrogen-bond acceptors (Lipinski definition) is 2. The van der Waals surface area contributed by atoms with E-state index in [0.29, 0.717) is 24.2 Å². The summed E-state index contributed by atoms with van der Waals surface area (Å²) in [5, 5.41) is 8.51. The van der Waals surface area contributed by atoms with E-state index in [2.05, 4.69) is 0 Å². The minimum absolute atomic E-state index is 0.0517. The molecular weight excluding hydrogens is 211 g/mol. The van der Waals surface area contributed by atoms with Crippen LogP contribution >= 0.6 is 0 Å². The lowest BCUT2D eigenvalue weighted by Gasteiger charge is -2.10. The van der Waals surface area contributed by atoms with Gasteiger partial charge in [-0.15, -0.1) is 0 Å². The molecule has 0 unspecified atom stereocenters. The Kier molecular flexibility index (Phi) is 4.28. The average Bonchev–Trinajstić information content (AvgIpc) is 2.23. The highest BCUT2D eigenvalue weighted by Gasteiger charge is 2.10. The van der Waals surface area contributed by atoms with Gasteiger partial charge in [-0.3, -0.25) is 4.79 Å². The predicted octanol–water partition coefficient (Wildman–Crippen LogP) is 2.55. The van der Waals surface area contributed by atoms with Gasteiger partial charge in [-0.05, 0) is 43.0 Å². The number of carboxylic acids is 1. The monoisotopic (exact) mass is 226 g/mol. The molecule has 0 atom stereocenters. The summed E-state index contributed by atoms with van der Waals surface area (Å²) in [6, 6.07) is 2.92. The molecule has 88 valence electrons. The van der Waals surface area contributed by atoms with E-state index in [4.69, 9.17) is 9.84 Å². The first kappa shape index (κ1) is 12.5. The van der Waals surface area contributed by atoms with Gasteiger partial charge in [-0.2, -0.15) is 0 Å². The molecule has 0 bridgehead atoms. The average molecular weight is 226 g/mol. The second-order valence-electron chi connectivity index (χ2n) is 3.60. The first-order valence-corrected chi connectivity index (χ1v) is 5.10. The Morgan fingerprint density at radius 1 is 1.50 bits per heavy atom. The van der Waals surface area contributed by atoms with Gasteiger partial charge < -0.3 is 9.84 Å². The van der Waals surface area contributed by atoms with Crippen molar-refractivity contribution in [1.29, 1.82) is 0 Å². The van der Waals surface area contributed by atoms with Crippen LogP contribution in [0.5, 0.6) is 5.75 Å². The zero-order chi connectivity index (χ0) is 12.1. The summed E-state index contributed by atoms with van der Waals surface area (Å²) in [7, 11) is 1.53. The third kappa shape index (κ3) is 2.95. The Morgan fingerprint density at radius 3 is 2.75 bits per heavy atom. The van der Waals surface area contributed by atoms with Gasteiger partial charge in [-0.1, -0.05) is 0 Å². The number of carboxylic acid groups (broad SMARTS) is 1. The van der Waals surface area contributed by atoms with Crippen molar-refractivity contribution in [3.8, 4) is 5.75 Å². The molecule has 0 aromatic heterocycles. The Bertz CT molecular complexity index is 388. The van der Waals surface area contributed by atoms with E-state index < -0.39 is 5.97 Å². The van der Waals surface area contributed by atoms with E-state index in [1.54, 1.807) is 13.0 Å². The van der Waals surface area contributed by atoms with Crippen molar-refractivity contribution in [2.45, 2.75) is 26.2 Å². The maximum atomic E-state index is 13.5. The highest BCUT2D eigenvalue weighted by atomic mass is 19.1. The van der Waals surface area contributed by atoms with Crippen molar-refractivity contribution in [3.63, 3.8) is 0 Å². The van der Waals surface area contributed by atoms with Gasteiger partial charge in [0.1, 0.15) is 11.6 Å². The molecule has 1 rings (SSSR count). The van der Waals surface area contributed by atoms with Gasteiger partial charge in [0.05, 0.1) is 7.11 Å². The fourth-order valence-corrected chi connectivity index (χ4v) is 1.65. The van der Waals surface area contributed by atoms with E-state index in [0.717, 1.165) is 5.56 Å². The summed E-state index contributed by atoms with van der Waals surface area (Å²) in [5.74, 6) is -0.531. The third-order valence-corrected chi connectivity index (χ3v) is 2.53. The summed E-state index contributed by atoms with van der Waals surface area (Å²) in [6.07, 6.45) is 0.900. The van der Waals surface area contributed by atoms with E-state index in [1.807, 2.05) is 0 Å². The molecule has 0 fully saturated rings. The normalized spacial score (nSPS) is 10.2. The van der Waals surface area contributed by atoms with E-state index in [9.17, 15) is 9.18 Å². The molecule has 0 aliphatic rings. The maximum absolute atomic E-state index is 13.5. The second kappa shape index (κ2) is 5.49. The zero-order valence-corrected chi connectivity index (χ0v) is 9.42. The van der Waals surface area contributed by atoms with Crippen LogP contribution in [0.2, 0.25) is 0 Å². The van der Waals surface area contributed by atoms with Crippen molar-refractivity contribution in [3.05, 3.63) is 29.1 Å². The number of halogens is 1. The van der Waals surface area contributed by atoms with E-state index >= 15 is 0 Å². The van der Waals surface area contributed by atoms with Crippen LogP contribution in [0.25, 0.3) is 0 Å². The van der Waals surface area contributed by atoms with Crippen LogP contribution in [0.15, 0.2) is 12.1 Å². The second-order valence-corrected chi connectivity index (χ2v) is 3.60. The fraction of sp³-hybridized carbons (Fsp3) is 0.417. The van der Waals surface area contributed by atoms with Crippen LogP contribution < -0.4 is 4.74 Å². The van der Waals surface area contributed by atoms with Gasteiger partial charge in [0.2, 0.25) is 0 Å². The number of ether oxygens (including phenoxy) is 1. The molecular formula is C12H15FO3. The first-order chi connectivity index (χ1) is 7.56. The lowest BCUT2D eigenvalue weighted by atomic mass is 10.0. The smallest absolute Gasteiger partial charge is 0.303 e. The van der Waals surface area contributed by atoms with E-state index in [1.165, 1.54) is 13.2 Å². The highest BCUT2D eigenvalue weighted by molar-refractivity contribution is 5.66. The topological polar surface area (TPSA) is 46.5 Å². The van der Waals surface area contributed by atoms with Crippen LogP contribution in [0.1, 0.15) is 24.0 Å².